The molecule has 0 aliphatic heterocycles. The van der Waals surface area contributed by atoms with Crippen molar-refractivity contribution in [3.63, 3.8) is 0 Å². The molecule has 0 saturated carbocycles. The van der Waals surface area contributed by atoms with Gasteiger partial charge in [0.05, 0.1) is 28.3 Å². The SMILES string of the molecule is C/N=C/c1cncc(COc2cc(OCc3cccc(-c4cccc(COc5cc(OCc6cncc(C#N)c6)c(CO)cc5Cl)c4C)c3C)c(Cl)cc2CN[C@@H](C(=O)O)[C@@H](C)O)c1. The molecule has 6 rings (SSSR count). The summed E-state index contributed by atoms with van der Waals surface area (Å²) in [5, 5.41) is 42.4. The molecule has 64 heavy (non-hydrogen) atoms. The van der Waals surface area contributed by atoms with Crippen LogP contribution in [0.15, 0.2) is 103 Å². The summed E-state index contributed by atoms with van der Waals surface area (Å²) in [7, 11) is 1.68. The first kappa shape index (κ1) is 47.0. The van der Waals surface area contributed by atoms with Gasteiger partial charge in [-0.3, -0.25) is 25.1 Å². The Kier molecular flexibility index (Phi) is 16.3. The number of nitrogens with zero attached hydrogens (tertiary/aromatic N) is 4. The van der Waals surface area contributed by atoms with Crippen molar-refractivity contribution in [3.05, 3.63) is 163 Å². The van der Waals surface area contributed by atoms with Crippen LogP contribution >= 0.6 is 23.2 Å². The summed E-state index contributed by atoms with van der Waals surface area (Å²) in [6.07, 6.45) is 7.00. The van der Waals surface area contributed by atoms with E-state index in [-0.39, 0.29) is 39.6 Å². The number of nitrogens with one attached hydrogen (secondary N) is 1. The number of aliphatic carboxylic acids is 1. The van der Waals surface area contributed by atoms with Gasteiger partial charge >= 0.3 is 5.97 Å². The molecule has 2 aromatic heterocycles. The number of carbonyl (C=O) groups is 1. The quantitative estimate of drug-likeness (QED) is 0.0535. The zero-order valence-corrected chi connectivity index (χ0v) is 37.2. The summed E-state index contributed by atoms with van der Waals surface area (Å²) in [6.45, 7) is 5.86. The minimum atomic E-state index is -1.22. The molecule has 0 unspecified atom stereocenters. The third-order valence-corrected chi connectivity index (χ3v) is 11.0. The van der Waals surface area contributed by atoms with Gasteiger partial charge in [0, 0.05) is 84.5 Å². The molecule has 0 bridgehead atoms. The number of carboxylic acids is 1. The number of hydrogen-bond acceptors (Lipinski definition) is 12. The molecule has 6 aromatic rings. The molecule has 0 radical (unpaired) electrons. The van der Waals surface area contributed by atoms with E-state index in [0.29, 0.717) is 55.3 Å². The van der Waals surface area contributed by atoms with Gasteiger partial charge in [0.25, 0.3) is 0 Å². The molecule has 0 spiro atoms. The van der Waals surface area contributed by atoms with Gasteiger partial charge in [-0.15, -0.1) is 0 Å². The average Bonchev–Trinajstić information content (AvgIpc) is 3.28. The van der Waals surface area contributed by atoms with Crippen molar-refractivity contribution in [2.24, 2.45) is 4.99 Å². The molecular weight excluding hydrogens is 857 g/mol. The highest BCUT2D eigenvalue weighted by atomic mass is 35.5. The lowest BCUT2D eigenvalue weighted by molar-refractivity contribution is -0.142. The van der Waals surface area contributed by atoms with Crippen molar-refractivity contribution in [1.29, 1.82) is 5.26 Å². The summed E-state index contributed by atoms with van der Waals surface area (Å²) in [4.78, 5) is 24.2. The molecule has 0 amide bonds. The van der Waals surface area contributed by atoms with Gasteiger partial charge < -0.3 is 34.3 Å². The van der Waals surface area contributed by atoms with Crippen molar-refractivity contribution in [2.75, 3.05) is 7.05 Å². The van der Waals surface area contributed by atoms with Crippen LogP contribution in [0, 0.1) is 25.2 Å². The largest absolute Gasteiger partial charge is 0.488 e. The number of aliphatic imine (C=N–C) groups is 1. The molecule has 0 fully saturated rings. The number of hydrogen-bond donors (Lipinski definition) is 4. The second-order valence-electron chi connectivity index (χ2n) is 14.9. The van der Waals surface area contributed by atoms with Crippen LogP contribution in [0.4, 0.5) is 0 Å². The summed E-state index contributed by atoms with van der Waals surface area (Å²) in [5.74, 6) is 0.353. The molecule has 330 valence electrons. The monoisotopic (exact) mass is 903 g/mol. The van der Waals surface area contributed by atoms with E-state index in [9.17, 15) is 25.4 Å². The third-order valence-electron chi connectivity index (χ3n) is 10.4. The van der Waals surface area contributed by atoms with Gasteiger partial charge in [0.2, 0.25) is 0 Å². The lowest BCUT2D eigenvalue weighted by atomic mass is 9.92. The van der Waals surface area contributed by atoms with Crippen molar-refractivity contribution in [3.8, 4) is 40.2 Å². The number of pyridine rings is 2. The Labute approximate surface area is 381 Å². The van der Waals surface area contributed by atoms with Gasteiger partial charge in [-0.2, -0.15) is 5.26 Å². The number of rotatable bonds is 20. The topological polar surface area (TPSA) is 189 Å². The molecule has 4 N–H and O–H groups in total. The Bertz CT molecular complexity index is 2690. The van der Waals surface area contributed by atoms with Crippen molar-refractivity contribution < 1.29 is 39.1 Å². The predicted octanol–water partition coefficient (Wildman–Crippen LogP) is 8.72. The summed E-state index contributed by atoms with van der Waals surface area (Å²) >= 11 is 13.4. The average molecular weight is 905 g/mol. The standard InChI is InChI=1S/C49H47Cl2N5O8/c1-29-36(27-63-46-15-44(61-26-35-12-33(18-53-4)20-55-22-35)38(13-42(46)50)23-56-48(31(3)58)49(59)60)7-5-9-40(29)41-10-6-8-37(30(41)2)28-64-47-16-45(39(24-57)14-43(47)51)62-25-34-11-32(17-52)19-54-21-34/h5-16,18-22,31,48,56-58H,23-28H2,1-4H3,(H,59,60)/b53-18+/t31-,48-/m1/s1. The molecule has 13 nitrogen and oxygen atoms in total. The Morgan fingerprint density at radius 2 is 1.30 bits per heavy atom. The Balaban J connectivity index is 1.19. The number of halogens is 2. The van der Waals surface area contributed by atoms with E-state index in [0.717, 1.165) is 44.5 Å². The van der Waals surface area contributed by atoms with Crippen LogP contribution in [-0.4, -0.2) is 56.7 Å². The number of ether oxygens (including phenoxy) is 4. The van der Waals surface area contributed by atoms with Gasteiger partial charge in [-0.25, -0.2) is 0 Å². The third kappa shape index (κ3) is 11.9. The number of aliphatic hydroxyl groups is 2. The summed E-state index contributed by atoms with van der Waals surface area (Å²) in [5.41, 5.74) is 9.62. The smallest absolute Gasteiger partial charge is 0.323 e. The minimum absolute atomic E-state index is 0.0412. The number of aliphatic hydroxyl groups excluding tert-OH is 2. The van der Waals surface area contributed by atoms with Crippen molar-refractivity contribution in [1.82, 2.24) is 15.3 Å². The molecule has 2 atom stereocenters. The van der Waals surface area contributed by atoms with Gasteiger partial charge in [0.15, 0.2) is 0 Å². The molecule has 0 saturated heterocycles. The Morgan fingerprint density at radius 1 is 0.766 bits per heavy atom. The Morgan fingerprint density at radius 3 is 1.83 bits per heavy atom. The van der Waals surface area contributed by atoms with Crippen LogP contribution in [0.2, 0.25) is 10.0 Å². The first-order chi connectivity index (χ1) is 30.9. The van der Waals surface area contributed by atoms with Crippen molar-refractivity contribution in [2.45, 2.75) is 72.5 Å². The second kappa shape index (κ2) is 22.2. The van der Waals surface area contributed by atoms with Crippen LogP contribution in [0.25, 0.3) is 11.1 Å². The van der Waals surface area contributed by atoms with Crippen LogP contribution in [0.3, 0.4) is 0 Å². The van der Waals surface area contributed by atoms with E-state index in [1.54, 1.807) is 62.2 Å². The first-order valence-electron chi connectivity index (χ1n) is 20.2. The fraction of sp³-hybridized carbons (Fsp3) is 0.245. The van der Waals surface area contributed by atoms with Gasteiger partial charge in [-0.05, 0) is 78.4 Å². The van der Waals surface area contributed by atoms with Gasteiger partial charge in [-0.1, -0.05) is 59.6 Å². The zero-order chi connectivity index (χ0) is 45.8. The van der Waals surface area contributed by atoms with E-state index in [1.807, 2.05) is 44.2 Å². The van der Waals surface area contributed by atoms with E-state index in [4.69, 9.17) is 42.1 Å². The van der Waals surface area contributed by atoms with E-state index in [2.05, 4.69) is 38.5 Å². The van der Waals surface area contributed by atoms with Crippen LogP contribution < -0.4 is 24.3 Å². The normalized spacial score (nSPS) is 12.1. The van der Waals surface area contributed by atoms with Crippen molar-refractivity contribution >= 4 is 35.4 Å². The number of carboxylic acid groups (broad SMARTS) is 1. The molecule has 4 aromatic carbocycles. The molecule has 0 aliphatic rings. The molecular formula is C49H47Cl2N5O8. The lowest BCUT2D eigenvalue weighted by Gasteiger charge is -2.20. The predicted molar refractivity (Wildman–Crippen MR) is 244 cm³/mol. The maximum Gasteiger partial charge on any atom is 0.323 e. The maximum absolute atomic E-state index is 11.8. The van der Waals surface area contributed by atoms with E-state index >= 15 is 0 Å². The number of nitriles is 1. The fourth-order valence-corrected chi connectivity index (χ4v) is 7.40. The minimum Gasteiger partial charge on any atom is -0.488 e. The highest BCUT2D eigenvalue weighted by Gasteiger charge is 2.24. The van der Waals surface area contributed by atoms with Crippen LogP contribution in [0.1, 0.15) is 62.6 Å². The van der Waals surface area contributed by atoms with Crippen LogP contribution in [0.5, 0.6) is 23.0 Å². The summed E-state index contributed by atoms with van der Waals surface area (Å²) in [6, 6.07) is 23.1. The fourth-order valence-electron chi connectivity index (χ4n) is 6.92. The number of benzene rings is 4. The molecule has 0 aliphatic carbocycles. The lowest BCUT2D eigenvalue weighted by Crippen LogP contribution is -2.44. The van der Waals surface area contributed by atoms with Crippen LogP contribution in [-0.2, 0) is 44.4 Å². The maximum atomic E-state index is 11.8. The molecule has 15 heteroatoms. The molecule has 2 heterocycles. The highest BCUT2D eigenvalue weighted by Crippen LogP contribution is 2.37. The zero-order valence-electron chi connectivity index (χ0n) is 35.6. The number of aromatic nitrogens is 2. The Hall–Kier alpha value is -6.53. The first-order valence-corrected chi connectivity index (χ1v) is 20.9. The summed E-state index contributed by atoms with van der Waals surface area (Å²) < 4.78 is 24.9. The van der Waals surface area contributed by atoms with E-state index in [1.165, 1.54) is 13.1 Å². The second-order valence-corrected chi connectivity index (χ2v) is 15.7. The van der Waals surface area contributed by atoms with Gasteiger partial charge in [0.1, 0.15) is 61.5 Å². The highest BCUT2D eigenvalue weighted by molar-refractivity contribution is 6.32. The van der Waals surface area contributed by atoms with E-state index < -0.39 is 18.1 Å².